The SMILES string of the molecule is BrC1=C2C=CC(=C1)C2.N. The minimum atomic E-state index is 0. The molecule has 0 aromatic heterocycles. The van der Waals surface area contributed by atoms with Gasteiger partial charge in [0.2, 0.25) is 0 Å². The minimum absolute atomic E-state index is 0. The average molecular weight is 186 g/mol. The van der Waals surface area contributed by atoms with Crippen molar-refractivity contribution in [2.75, 3.05) is 0 Å². The minimum Gasteiger partial charge on any atom is -0.344 e. The second-order valence-corrected chi connectivity index (χ2v) is 2.96. The van der Waals surface area contributed by atoms with E-state index in [1.165, 1.54) is 15.6 Å². The molecule has 0 atom stereocenters. The zero-order chi connectivity index (χ0) is 5.56. The maximum atomic E-state index is 3.45. The summed E-state index contributed by atoms with van der Waals surface area (Å²) in [5.41, 5.74) is 2.87. The van der Waals surface area contributed by atoms with Crippen molar-refractivity contribution in [1.29, 1.82) is 0 Å². The molecule has 0 saturated carbocycles. The molecular formula is C7H8BrN. The average Bonchev–Trinajstić information content (AvgIpc) is 2.23. The van der Waals surface area contributed by atoms with E-state index < -0.39 is 0 Å². The quantitative estimate of drug-likeness (QED) is 0.620. The number of allylic oxidation sites excluding steroid dienone is 6. The van der Waals surface area contributed by atoms with Gasteiger partial charge in [0.25, 0.3) is 0 Å². The van der Waals surface area contributed by atoms with E-state index in [0.29, 0.717) is 0 Å². The normalized spacial score (nSPS) is 20.3. The fourth-order valence-electron chi connectivity index (χ4n) is 1.06. The van der Waals surface area contributed by atoms with Crippen LogP contribution in [0.3, 0.4) is 0 Å². The predicted octanol–water partition coefficient (Wildman–Crippen LogP) is 2.70. The number of halogens is 1. The first-order valence-corrected chi connectivity index (χ1v) is 3.43. The Morgan fingerprint density at radius 1 is 1.33 bits per heavy atom. The fourth-order valence-corrected chi connectivity index (χ4v) is 1.63. The Kier molecular flexibility index (Phi) is 1.60. The van der Waals surface area contributed by atoms with Gasteiger partial charge in [-0.2, -0.15) is 0 Å². The molecule has 0 aromatic carbocycles. The third kappa shape index (κ3) is 0.884. The zero-order valence-electron chi connectivity index (χ0n) is 5.02. The van der Waals surface area contributed by atoms with Crippen molar-refractivity contribution >= 4 is 15.9 Å². The first-order valence-electron chi connectivity index (χ1n) is 2.63. The molecule has 2 bridgehead atoms. The van der Waals surface area contributed by atoms with Crippen LogP contribution in [-0.2, 0) is 0 Å². The van der Waals surface area contributed by atoms with E-state index in [-0.39, 0.29) is 6.15 Å². The van der Waals surface area contributed by atoms with Crippen molar-refractivity contribution in [2.45, 2.75) is 6.42 Å². The van der Waals surface area contributed by atoms with Crippen molar-refractivity contribution in [3.63, 3.8) is 0 Å². The van der Waals surface area contributed by atoms with Crippen molar-refractivity contribution < 1.29 is 0 Å². The largest absolute Gasteiger partial charge is 0.344 e. The summed E-state index contributed by atoms with van der Waals surface area (Å²) in [6, 6.07) is 0. The molecule has 9 heavy (non-hydrogen) atoms. The van der Waals surface area contributed by atoms with Crippen LogP contribution >= 0.6 is 15.9 Å². The first kappa shape index (κ1) is 6.78. The summed E-state index contributed by atoms with van der Waals surface area (Å²) < 4.78 is 1.27. The van der Waals surface area contributed by atoms with E-state index in [9.17, 15) is 0 Å². The Labute approximate surface area is 62.9 Å². The summed E-state index contributed by atoms with van der Waals surface area (Å²) in [7, 11) is 0. The molecule has 48 valence electrons. The second kappa shape index (κ2) is 2.12. The monoisotopic (exact) mass is 185 g/mol. The van der Waals surface area contributed by atoms with Gasteiger partial charge in [0.1, 0.15) is 0 Å². The van der Waals surface area contributed by atoms with Crippen molar-refractivity contribution in [3.05, 3.63) is 33.9 Å². The zero-order valence-corrected chi connectivity index (χ0v) is 6.61. The van der Waals surface area contributed by atoms with E-state index >= 15 is 0 Å². The van der Waals surface area contributed by atoms with Gasteiger partial charge in [0.15, 0.2) is 0 Å². The molecule has 0 spiro atoms. The van der Waals surface area contributed by atoms with E-state index in [0.717, 1.165) is 6.42 Å². The molecule has 2 aliphatic rings. The van der Waals surface area contributed by atoms with Gasteiger partial charge >= 0.3 is 0 Å². The van der Waals surface area contributed by atoms with Gasteiger partial charge in [0.05, 0.1) is 0 Å². The highest BCUT2D eigenvalue weighted by Gasteiger charge is 2.14. The molecule has 0 aromatic rings. The Morgan fingerprint density at radius 2 is 2.11 bits per heavy atom. The molecule has 2 aliphatic carbocycles. The van der Waals surface area contributed by atoms with E-state index in [2.05, 4.69) is 34.2 Å². The van der Waals surface area contributed by atoms with Crippen LogP contribution in [0.1, 0.15) is 6.42 Å². The molecule has 3 N–H and O–H groups in total. The number of hydrogen-bond donors (Lipinski definition) is 1. The lowest BCUT2D eigenvalue weighted by molar-refractivity contribution is 1.32. The molecule has 2 heteroatoms. The van der Waals surface area contributed by atoms with Crippen molar-refractivity contribution in [3.8, 4) is 0 Å². The van der Waals surface area contributed by atoms with Gasteiger partial charge in [-0.1, -0.05) is 28.1 Å². The standard InChI is InChI=1S/C7H5Br.H3N/c8-7-4-5-1-2-6(7)3-5;/h1-2,4H,3H2;1H3. The first-order chi connectivity index (χ1) is 3.86. The van der Waals surface area contributed by atoms with E-state index in [4.69, 9.17) is 0 Å². The van der Waals surface area contributed by atoms with Gasteiger partial charge in [0, 0.05) is 4.48 Å². The Morgan fingerprint density at radius 3 is 2.33 bits per heavy atom. The Balaban J connectivity index is 0.000000405. The van der Waals surface area contributed by atoms with Gasteiger partial charge in [-0.05, 0) is 23.6 Å². The molecule has 1 nitrogen and oxygen atoms in total. The smallest absolute Gasteiger partial charge is 0.0213 e. The lowest BCUT2D eigenvalue weighted by atomic mass is 10.3. The summed E-state index contributed by atoms with van der Waals surface area (Å²) in [5, 5.41) is 0. The van der Waals surface area contributed by atoms with Crippen LogP contribution in [0.15, 0.2) is 33.9 Å². The summed E-state index contributed by atoms with van der Waals surface area (Å²) in [5.74, 6) is 0. The predicted molar refractivity (Wildman–Crippen MR) is 42.8 cm³/mol. The highest BCUT2D eigenvalue weighted by Crippen LogP contribution is 2.35. The van der Waals surface area contributed by atoms with Crippen LogP contribution in [0.4, 0.5) is 0 Å². The van der Waals surface area contributed by atoms with Crippen LogP contribution in [0, 0.1) is 0 Å². The summed E-state index contributed by atoms with van der Waals surface area (Å²) in [6.07, 6.45) is 7.66. The summed E-state index contributed by atoms with van der Waals surface area (Å²) >= 11 is 3.45. The van der Waals surface area contributed by atoms with Crippen molar-refractivity contribution in [2.24, 2.45) is 0 Å². The number of rotatable bonds is 0. The molecular weight excluding hydrogens is 178 g/mol. The summed E-state index contributed by atoms with van der Waals surface area (Å²) in [6.45, 7) is 0. The molecule has 0 amide bonds. The highest BCUT2D eigenvalue weighted by molar-refractivity contribution is 9.11. The Hall–Kier alpha value is -0.340. The molecule has 0 unspecified atom stereocenters. The molecule has 0 saturated heterocycles. The van der Waals surface area contributed by atoms with Crippen LogP contribution in [-0.4, -0.2) is 0 Å². The van der Waals surface area contributed by atoms with Crippen LogP contribution in [0.25, 0.3) is 0 Å². The molecule has 0 radical (unpaired) electrons. The van der Waals surface area contributed by atoms with Crippen LogP contribution in [0.5, 0.6) is 0 Å². The molecule has 0 fully saturated rings. The third-order valence-corrected chi connectivity index (χ3v) is 2.25. The lowest BCUT2D eigenvalue weighted by Crippen LogP contribution is -1.65. The Bertz CT molecular complexity index is 223. The number of fused-ring (bicyclic) bond motifs is 2. The maximum Gasteiger partial charge on any atom is 0.0213 e. The highest BCUT2D eigenvalue weighted by atomic mass is 79.9. The topological polar surface area (TPSA) is 35.0 Å². The maximum absolute atomic E-state index is 3.45. The summed E-state index contributed by atoms with van der Waals surface area (Å²) in [4.78, 5) is 0. The van der Waals surface area contributed by atoms with Gasteiger partial charge in [-0.15, -0.1) is 0 Å². The fraction of sp³-hybridized carbons (Fsp3) is 0.143. The molecule has 0 aliphatic heterocycles. The second-order valence-electron chi connectivity index (χ2n) is 2.10. The van der Waals surface area contributed by atoms with E-state index in [1.807, 2.05) is 0 Å². The number of hydrogen-bond acceptors (Lipinski definition) is 1. The third-order valence-electron chi connectivity index (χ3n) is 1.51. The lowest BCUT2D eigenvalue weighted by Gasteiger charge is -1.87. The van der Waals surface area contributed by atoms with Crippen molar-refractivity contribution in [1.82, 2.24) is 6.15 Å². The molecule has 0 heterocycles. The molecule has 2 rings (SSSR count). The van der Waals surface area contributed by atoms with Crippen LogP contribution in [0.2, 0.25) is 0 Å². The van der Waals surface area contributed by atoms with Crippen LogP contribution < -0.4 is 6.15 Å². The van der Waals surface area contributed by atoms with Gasteiger partial charge < -0.3 is 6.15 Å². The van der Waals surface area contributed by atoms with Gasteiger partial charge in [-0.3, -0.25) is 0 Å². The van der Waals surface area contributed by atoms with Gasteiger partial charge in [-0.25, -0.2) is 0 Å². The van der Waals surface area contributed by atoms with E-state index in [1.54, 1.807) is 0 Å².